The van der Waals surface area contributed by atoms with Crippen LogP contribution in [-0.2, 0) is 4.74 Å². The number of benzene rings is 1. The van der Waals surface area contributed by atoms with E-state index < -0.39 is 0 Å². The molecule has 0 saturated carbocycles. The van der Waals surface area contributed by atoms with Crippen molar-refractivity contribution in [2.75, 3.05) is 19.7 Å². The lowest BCUT2D eigenvalue weighted by Crippen LogP contribution is -2.26. The fourth-order valence-corrected chi connectivity index (χ4v) is 2.95. The van der Waals surface area contributed by atoms with Crippen LogP contribution in [0.2, 0.25) is 0 Å². The van der Waals surface area contributed by atoms with Crippen molar-refractivity contribution in [2.24, 2.45) is 5.92 Å². The highest BCUT2D eigenvalue weighted by molar-refractivity contribution is 5.21. The Bertz CT molecular complexity index is 415. The van der Waals surface area contributed by atoms with Crippen LogP contribution in [-0.4, -0.2) is 25.8 Å². The molecule has 2 atom stereocenters. The van der Waals surface area contributed by atoms with Gasteiger partial charge in [-0.25, -0.2) is 4.39 Å². The van der Waals surface area contributed by atoms with Crippen LogP contribution < -0.4 is 5.32 Å². The monoisotopic (exact) mass is 293 g/mol. The van der Waals surface area contributed by atoms with Crippen molar-refractivity contribution in [3.63, 3.8) is 0 Å². The van der Waals surface area contributed by atoms with Gasteiger partial charge in [-0.1, -0.05) is 26.0 Å². The van der Waals surface area contributed by atoms with Gasteiger partial charge >= 0.3 is 0 Å². The Kier molecular flexibility index (Phi) is 6.65. The van der Waals surface area contributed by atoms with Crippen molar-refractivity contribution < 1.29 is 9.13 Å². The summed E-state index contributed by atoms with van der Waals surface area (Å²) in [4.78, 5) is 0. The lowest BCUT2D eigenvalue weighted by Gasteiger charge is -2.21. The fraction of sp³-hybridized carbons (Fsp3) is 0.667. The molecule has 1 aromatic carbocycles. The van der Waals surface area contributed by atoms with Crippen LogP contribution in [0.25, 0.3) is 0 Å². The molecule has 1 heterocycles. The number of nitrogens with one attached hydrogen (secondary N) is 1. The van der Waals surface area contributed by atoms with Crippen molar-refractivity contribution in [1.29, 1.82) is 0 Å². The molecule has 1 aliphatic heterocycles. The van der Waals surface area contributed by atoms with Crippen molar-refractivity contribution in [3.05, 3.63) is 35.6 Å². The first-order valence-corrected chi connectivity index (χ1v) is 8.23. The summed E-state index contributed by atoms with van der Waals surface area (Å²) in [6, 6.07) is 7.05. The Morgan fingerprint density at radius 1 is 1.33 bits per heavy atom. The van der Waals surface area contributed by atoms with Crippen LogP contribution in [0.3, 0.4) is 0 Å². The van der Waals surface area contributed by atoms with Gasteiger partial charge in [0, 0.05) is 13.2 Å². The van der Waals surface area contributed by atoms with Crippen LogP contribution in [0.15, 0.2) is 24.3 Å². The minimum atomic E-state index is -0.140. The summed E-state index contributed by atoms with van der Waals surface area (Å²) in [5.41, 5.74) is 1.10. The molecule has 1 aliphatic rings. The van der Waals surface area contributed by atoms with Gasteiger partial charge in [0.25, 0.3) is 0 Å². The zero-order valence-corrected chi connectivity index (χ0v) is 13.3. The highest BCUT2D eigenvalue weighted by Crippen LogP contribution is 2.26. The summed E-state index contributed by atoms with van der Waals surface area (Å²) in [6.45, 7) is 7.23. The van der Waals surface area contributed by atoms with Gasteiger partial charge in [0.1, 0.15) is 5.82 Å². The van der Waals surface area contributed by atoms with Crippen molar-refractivity contribution in [3.8, 4) is 0 Å². The van der Waals surface area contributed by atoms with Gasteiger partial charge in [-0.05, 0) is 61.8 Å². The number of rotatable bonds is 8. The lowest BCUT2D eigenvalue weighted by molar-refractivity contribution is 0.100. The molecule has 21 heavy (non-hydrogen) atoms. The van der Waals surface area contributed by atoms with Gasteiger partial charge in [-0.3, -0.25) is 0 Å². The first-order valence-electron chi connectivity index (χ1n) is 8.23. The zero-order chi connectivity index (χ0) is 15.1. The molecule has 1 saturated heterocycles. The molecule has 0 aliphatic carbocycles. The Hall–Kier alpha value is -0.930. The van der Waals surface area contributed by atoms with E-state index in [0.29, 0.717) is 17.9 Å². The maximum absolute atomic E-state index is 13.5. The number of halogens is 1. The van der Waals surface area contributed by atoms with Crippen LogP contribution in [0.1, 0.15) is 51.0 Å². The predicted octanol–water partition coefficient (Wildman–Crippen LogP) is 4.11. The smallest absolute Gasteiger partial charge is 0.123 e. The molecule has 1 fully saturated rings. The Morgan fingerprint density at radius 2 is 2.19 bits per heavy atom. The highest BCUT2D eigenvalue weighted by Gasteiger charge is 2.19. The van der Waals surface area contributed by atoms with Crippen LogP contribution >= 0.6 is 0 Å². The number of ether oxygens (including phenoxy) is 1. The van der Waals surface area contributed by atoms with E-state index in [1.165, 1.54) is 18.9 Å². The largest absolute Gasteiger partial charge is 0.378 e. The molecule has 1 N–H and O–H groups in total. The van der Waals surface area contributed by atoms with Gasteiger partial charge in [0.15, 0.2) is 0 Å². The highest BCUT2D eigenvalue weighted by atomic mass is 19.1. The molecule has 0 amide bonds. The SMILES string of the molecule is CC(C)CNCC(CCC1CCCO1)c1cccc(F)c1. The predicted molar refractivity (Wildman–Crippen MR) is 85.1 cm³/mol. The van der Waals surface area contributed by atoms with Gasteiger partial charge < -0.3 is 10.1 Å². The quantitative estimate of drug-likeness (QED) is 0.778. The number of hydrogen-bond acceptors (Lipinski definition) is 2. The first kappa shape index (κ1) is 16.4. The molecular formula is C18H28FNO. The first-order chi connectivity index (χ1) is 10.1. The molecule has 0 aromatic heterocycles. The Labute approximate surface area is 128 Å². The third-order valence-corrected chi connectivity index (χ3v) is 4.12. The van der Waals surface area contributed by atoms with E-state index in [9.17, 15) is 4.39 Å². The molecule has 0 radical (unpaired) electrons. The van der Waals surface area contributed by atoms with E-state index in [-0.39, 0.29) is 5.82 Å². The molecule has 0 bridgehead atoms. The second-order valence-electron chi connectivity index (χ2n) is 6.52. The van der Waals surface area contributed by atoms with Crippen molar-refractivity contribution in [2.45, 2.75) is 51.6 Å². The molecule has 2 rings (SSSR count). The second-order valence-corrected chi connectivity index (χ2v) is 6.52. The van der Waals surface area contributed by atoms with E-state index >= 15 is 0 Å². The summed E-state index contributed by atoms with van der Waals surface area (Å²) in [7, 11) is 0. The third-order valence-electron chi connectivity index (χ3n) is 4.12. The molecule has 3 heteroatoms. The minimum absolute atomic E-state index is 0.140. The van der Waals surface area contributed by atoms with Crippen molar-refractivity contribution >= 4 is 0 Å². The fourth-order valence-electron chi connectivity index (χ4n) is 2.95. The maximum atomic E-state index is 13.5. The average molecular weight is 293 g/mol. The van der Waals surface area contributed by atoms with Gasteiger partial charge in [-0.2, -0.15) is 0 Å². The summed E-state index contributed by atoms with van der Waals surface area (Å²) in [6.07, 6.45) is 4.89. The molecular weight excluding hydrogens is 265 g/mol. The zero-order valence-electron chi connectivity index (χ0n) is 13.3. The van der Waals surface area contributed by atoms with Crippen LogP contribution in [0.4, 0.5) is 4.39 Å². The maximum Gasteiger partial charge on any atom is 0.123 e. The molecule has 2 unspecified atom stereocenters. The summed E-state index contributed by atoms with van der Waals surface area (Å²) >= 11 is 0. The van der Waals surface area contributed by atoms with E-state index in [1.807, 2.05) is 12.1 Å². The summed E-state index contributed by atoms with van der Waals surface area (Å²) in [5, 5.41) is 3.51. The van der Waals surface area contributed by atoms with Gasteiger partial charge in [0.05, 0.1) is 6.10 Å². The summed E-state index contributed by atoms with van der Waals surface area (Å²) in [5.74, 6) is 0.860. The summed E-state index contributed by atoms with van der Waals surface area (Å²) < 4.78 is 19.2. The average Bonchev–Trinajstić information content (AvgIpc) is 2.95. The molecule has 1 aromatic rings. The minimum Gasteiger partial charge on any atom is -0.378 e. The Morgan fingerprint density at radius 3 is 2.86 bits per heavy atom. The molecule has 2 nitrogen and oxygen atoms in total. The van der Waals surface area contributed by atoms with Gasteiger partial charge in [-0.15, -0.1) is 0 Å². The molecule has 0 spiro atoms. The molecule has 118 valence electrons. The van der Waals surface area contributed by atoms with Crippen LogP contribution in [0.5, 0.6) is 0 Å². The van der Waals surface area contributed by atoms with Gasteiger partial charge in [0.2, 0.25) is 0 Å². The standard InChI is InChI=1S/C18H28FNO/c1-14(2)12-20-13-16(8-9-18-7-4-10-21-18)15-5-3-6-17(19)11-15/h3,5-6,11,14,16,18,20H,4,7-10,12-13H2,1-2H3. The van der Waals surface area contributed by atoms with E-state index in [4.69, 9.17) is 4.74 Å². The van der Waals surface area contributed by atoms with Crippen LogP contribution in [0, 0.1) is 11.7 Å². The van der Waals surface area contributed by atoms with Crippen molar-refractivity contribution in [1.82, 2.24) is 5.32 Å². The lowest BCUT2D eigenvalue weighted by atomic mass is 9.92. The third kappa shape index (κ3) is 5.76. The number of hydrogen-bond donors (Lipinski definition) is 1. The normalized spacial score (nSPS) is 20.1. The topological polar surface area (TPSA) is 21.3 Å². The Balaban J connectivity index is 1.91. The second kappa shape index (κ2) is 8.50. The van der Waals surface area contributed by atoms with E-state index in [2.05, 4.69) is 19.2 Å². The van der Waals surface area contributed by atoms with E-state index in [1.54, 1.807) is 6.07 Å². The van der Waals surface area contributed by atoms with E-state index in [0.717, 1.165) is 38.1 Å².